The summed E-state index contributed by atoms with van der Waals surface area (Å²) in [6, 6.07) is 5.31. The molecule has 0 unspecified atom stereocenters. The zero-order valence-corrected chi connectivity index (χ0v) is 13.9. The normalized spacial score (nSPS) is 17.2. The summed E-state index contributed by atoms with van der Waals surface area (Å²) in [6.07, 6.45) is 0.689. The van der Waals surface area contributed by atoms with Crippen LogP contribution < -0.4 is 5.32 Å². The Hall–Kier alpha value is -1.60. The molecular formula is C15H22N2O4S. The van der Waals surface area contributed by atoms with E-state index in [4.69, 9.17) is 0 Å². The van der Waals surface area contributed by atoms with Crippen LogP contribution in [-0.4, -0.2) is 45.1 Å². The molecular weight excluding hydrogens is 304 g/mol. The molecule has 0 spiro atoms. The van der Waals surface area contributed by atoms with Gasteiger partial charge < -0.3 is 10.1 Å². The van der Waals surface area contributed by atoms with Crippen molar-refractivity contribution in [3.05, 3.63) is 29.3 Å². The number of amides is 1. The number of aryl methyl sites for hydroxylation is 2. The monoisotopic (exact) mass is 326 g/mol. The molecule has 0 atom stereocenters. The van der Waals surface area contributed by atoms with Crippen molar-refractivity contribution in [3.8, 4) is 0 Å². The highest BCUT2D eigenvalue weighted by atomic mass is 32.2. The molecule has 1 fully saturated rings. The Morgan fingerprint density at radius 2 is 1.91 bits per heavy atom. The third-order valence-corrected chi connectivity index (χ3v) is 5.97. The van der Waals surface area contributed by atoms with Gasteiger partial charge in [-0.3, -0.25) is 0 Å². The lowest BCUT2D eigenvalue weighted by Crippen LogP contribution is -2.46. The van der Waals surface area contributed by atoms with Gasteiger partial charge in [0.05, 0.1) is 12.0 Å². The van der Waals surface area contributed by atoms with E-state index < -0.39 is 16.1 Å². The summed E-state index contributed by atoms with van der Waals surface area (Å²) in [5.74, 6) is 0. The van der Waals surface area contributed by atoms with Crippen molar-refractivity contribution >= 4 is 16.1 Å². The first-order valence-corrected chi connectivity index (χ1v) is 8.70. The van der Waals surface area contributed by atoms with Gasteiger partial charge in [-0.1, -0.05) is 17.7 Å². The van der Waals surface area contributed by atoms with Gasteiger partial charge in [0.25, 0.3) is 0 Å². The Labute approximate surface area is 131 Å². The highest BCUT2D eigenvalue weighted by molar-refractivity contribution is 7.89. The molecule has 7 heteroatoms. The molecule has 0 aliphatic carbocycles. The van der Waals surface area contributed by atoms with Crippen LogP contribution in [0.3, 0.4) is 0 Å². The molecule has 1 amide bonds. The average molecular weight is 326 g/mol. The maximum absolute atomic E-state index is 12.7. The van der Waals surface area contributed by atoms with Crippen LogP contribution in [0, 0.1) is 13.8 Å². The van der Waals surface area contributed by atoms with Crippen molar-refractivity contribution < 1.29 is 17.9 Å². The van der Waals surface area contributed by atoms with Gasteiger partial charge in [-0.25, -0.2) is 13.2 Å². The molecule has 1 aliphatic heterocycles. The van der Waals surface area contributed by atoms with Crippen LogP contribution >= 0.6 is 0 Å². The largest absolute Gasteiger partial charge is 0.453 e. The molecule has 0 aromatic heterocycles. The zero-order chi connectivity index (χ0) is 16.3. The predicted molar refractivity (Wildman–Crippen MR) is 83.2 cm³/mol. The lowest BCUT2D eigenvalue weighted by Gasteiger charge is -2.31. The minimum absolute atomic E-state index is 0.0435. The number of rotatable bonds is 3. The number of carbonyl (C=O) groups is 1. The maximum Gasteiger partial charge on any atom is 0.407 e. The molecule has 0 radical (unpaired) electrons. The molecule has 1 heterocycles. The third-order valence-electron chi connectivity index (χ3n) is 3.91. The van der Waals surface area contributed by atoms with Crippen LogP contribution in [0.2, 0.25) is 0 Å². The number of nitrogens with one attached hydrogen (secondary N) is 1. The van der Waals surface area contributed by atoms with Crippen molar-refractivity contribution in [2.75, 3.05) is 20.2 Å². The van der Waals surface area contributed by atoms with Gasteiger partial charge in [0.15, 0.2) is 0 Å². The average Bonchev–Trinajstić information content (AvgIpc) is 2.47. The van der Waals surface area contributed by atoms with Gasteiger partial charge >= 0.3 is 6.09 Å². The summed E-state index contributed by atoms with van der Waals surface area (Å²) in [5.41, 5.74) is 1.80. The highest BCUT2D eigenvalue weighted by Gasteiger charge is 2.30. The third kappa shape index (κ3) is 3.59. The van der Waals surface area contributed by atoms with E-state index >= 15 is 0 Å². The summed E-state index contributed by atoms with van der Waals surface area (Å²) < 4.78 is 31.5. The molecule has 0 saturated carbocycles. The number of alkyl carbamates (subject to hydrolysis) is 1. The minimum Gasteiger partial charge on any atom is -0.453 e. The summed E-state index contributed by atoms with van der Waals surface area (Å²) >= 11 is 0. The maximum atomic E-state index is 12.7. The van der Waals surface area contributed by atoms with Gasteiger partial charge in [0.2, 0.25) is 10.0 Å². The fourth-order valence-corrected chi connectivity index (χ4v) is 4.37. The fraction of sp³-hybridized carbons (Fsp3) is 0.533. The first-order valence-electron chi connectivity index (χ1n) is 7.26. The van der Waals surface area contributed by atoms with Crippen molar-refractivity contribution in [3.63, 3.8) is 0 Å². The number of carbonyl (C=O) groups excluding carboxylic acids is 1. The molecule has 122 valence electrons. The number of benzene rings is 1. The molecule has 1 saturated heterocycles. The quantitative estimate of drug-likeness (QED) is 0.919. The number of nitrogens with zero attached hydrogens (tertiary/aromatic N) is 1. The molecule has 6 nitrogen and oxygen atoms in total. The van der Waals surface area contributed by atoms with Gasteiger partial charge in [0.1, 0.15) is 0 Å². The number of methoxy groups -OCH3 is 1. The van der Waals surface area contributed by atoms with E-state index in [0.29, 0.717) is 30.8 Å². The standard InChI is InChI=1S/C15H22N2O4S/c1-11-4-5-14(12(2)10-11)22(19,20)17-8-6-13(7-9-17)16-15(18)21-3/h4-5,10,13H,6-9H2,1-3H3,(H,16,18). The van der Waals surface area contributed by atoms with Gasteiger partial charge in [-0.2, -0.15) is 4.31 Å². The number of hydrogen-bond donors (Lipinski definition) is 1. The molecule has 1 aromatic rings. The summed E-state index contributed by atoms with van der Waals surface area (Å²) in [4.78, 5) is 11.6. The van der Waals surface area contributed by atoms with Gasteiger partial charge in [-0.05, 0) is 38.3 Å². The van der Waals surface area contributed by atoms with Crippen molar-refractivity contribution in [2.45, 2.75) is 37.6 Å². The number of piperidine rings is 1. The predicted octanol–water partition coefficient (Wildman–Crippen LogP) is 1.81. The van der Waals surface area contributed by atoms with Crippen LogP contribution in [0.4, 0.5) is 4.79 Å². The smallest absolute Gasteiger partial charge is 0.407 e. The number of sulfonamides is 1. The fourth-order valence-electron chi connectivity index (χ4n) is 2.69. The molecule has 1 aromatic carbocycles. The second kappa shape index (κ2) is 6.66. The van der Waals surface area contributed by atoms with Gasteiger partial charge in [0, 0.05) is 19.1 Å². The molecule has 2 rings (SSSR count). The minimum atomic E-state index is -3.48. The first-order chi connectivity index (χ1) is 10.3. The summed E-state index contributed by atoms with van der Waals surface area (Å²) in [6.45, 7) is 4.54. The van der Waals surface area contributed by atoms with Crippen molar-refractivity contribution in [1.29, 1.82) is 0 Å². The Balaban J connectivity index is 2.08. The van der Waals surface area contributed by atoms with E-state index in [1.54, 1.807) is 6.07 Å². The SMILES string of the molecule is COC(=O)NC1CCN(S(=O)(=O)c2ccc(C)cc2C)CC1. The lowest BCUT2D eigenvalue weighted by atomic mass is 10.1. The van der Waals surface area contributed by atoms with E-state index in [-0.39, 0.29) is 6.04 Å². The van der Waals surface area contributed by atoms with E-state index in [1.807, 2.05) is 26.0 Å². The van der Waals surface area contributed by atoms with E-state index in [0.717, 1.165) is 11.1 Å². The first kappa shape index (κ1) is 16.8. The van der Waals surface area contributed by atoms with Crippen LogP contribution in [0.5, 0.6) is 0 Å². The second-order valence-corrected chi connectivity index (χ2v) is 7.49. The number of hydrogen-bond acceptors (Lipinski definition) is 4. The highest BCUT2D eigenvalue weighted by Crippen LogP contribution is 2.24. The van der Waals surface area contributed by atoms with Crippen LogP contribution in [-0.2, 0) is 14.8 Å². The Bertz CT molecular complexity index is 650. The molecule has 0 bridgehead atoms. The number of ether oxygens (including phenoxy) is 1. The topological polar surface area (TPSA) is 75.7 Å². The second-order valence-electron chi connectivity index (χ2n) is 5.58. The van der Waals surface area contributed by atoms with E-state index in [2.05, 4.69) is 10.1 Å². The Kier molecular flexibility index (Phi) is 5.08. The van der Waals surface area contributed by atoms with Crippen molar-refractivity contribution in [2.24, 2.45) is 0 Å². The molecule has 1 N–H and O–H groups in total. The zero-order valence-electron chi connectivity index (χ0n) is 13.1. The van der Waals surface area contributed by atoms with Crippen LogP contribution in [0.15, 0.2) is 23.1 Å². The van der Waals surface area contributed by atoms with Crippen LogP contribution in [0.25, 0.3) is 0 Å². The lowest BCUT2D eigenvalue weighted by molar-refractivity contribution is 0.161. The summed E-state index contributed by atoms with van der Waals surface area (Å²) in [5, 5.41) is 2.72. The van der Waals surface area contributed by atoms with Gasteiger partial charge in [-0.15, -0.1) is 0 Å². The van der Waals surface area contributed by atoms with Crippen LogP contribution in [0.1, 0.15) is 24.0 Å². The van der Waals surface area contributed by atoms with E-state index in [9.17, 15) is 13.2 Å². The molecule has 22 heavy (non-hydrogen) atoms. The van der Waals surface area contributed by atoms with E-state index in [1.165, 1.54) is 11.4 Å². The molecule has 1 aliphatic rings. The summed E-state index contributed by atoms with van der Waals surface area (Å²) in [7, 11) is -2.16. The Morgan fingerprint density at radius 1 is 1.27 bits per heavy atom. The van der Waals surface area contributed by atoms with Crippen molar-refractivity contribution in [1.82, 2.24) is 9.62 Å². The Morgan fingerprint density at radius 3 is 2.45 bits per heavy atom.